The molecular formula is C13H22N2S. The summed E-state index contributed by atoms with van der Waals surface area (Å²) in [6, 6.07) is 4.18. The highest BCUT2D eigenvalue weighted by atomic mass is 32.2. The summed E-state index contributed by atoms with van der Waals surface area (Å²) in [6.07, 6.45) is 3.03. The smallest absolute Gasteiger partial charge is 0.0523 e. The molecule has 0 aromatic carbocycles. The molecule has 1 rings (SSSR count). The maximum absolute atomic E-state index is 4.39. The molecule has 16 heavy (non-hydrogen) atoms. The molecular weight excluding hydrogens is 216 g/mol. The van der Waals surface area contributed by atoms with Crippen molar-refractivity contribution in [3.8, 4) is 0 Å². The molecule has 3 heteroatoms. The first-order valence-corrected chi connectivity index (χ1v) is 6.82. The molecule has 0 amide bonds. The minimum Gasteiger partial charge on any atom is -0.385 e. The van der Waals surface area contributed by atoms with Gasteiger partial charge in [0, 0.05) is 28.9 Å². The number of aromatic nitrogens is 1. The lowest BCUT2D eigenvalue weighted by atomic mass is 10.3. The minimum atomic E-state index is 0.300. The van der Waals surface area contributed by atoms with Crippen molar-refractivity contribution in [2.24, 2.45) is 0 Å². The Balaban J connectivity index is 2.53. The highest BCUT2D eigenvalue weighted by Crippen LogP contribution is 2.26. The third kappa shape index (κ3) is 5.40. The predicted molar refractivity (Wildman–Crippen MR) is 74.1 cm³/mol. The second kappa shape index (κ2) is 6.14. The Morgan fingerprint density at radius 2 is 2.12 bits per heavy atom. The lowest BCUT2D eigenvalue weighted by molar-refractivity contribution is 0.801. The van der Waals surface area contributed by atoms with Gasteiger partial charge in [0.2, 0.25) is 0 Å². The van der Waals surface area contributed by atoms with Crippen molar-refractivity contribution in [1.82, 2.24) is 4.98 Å². The highest BCUT2D eigenvalue weighted by Gasteiger charge is 2.10. The minimum absolute atomic E-state index is 0.300. The summed E-state index contributed by atoms with van der Waals surface area (Å²) in [7, 11) is 0. The van der Waals surface area contributed by atoms with E-state index in [9.17, 15) is 0 Å². The van der Waals surface area contributed by atoms with Crippen LogP contribution in [0.3, 0.4) is 0 Å². The zero-order valence-corrected chi connectivity index (χ0v) is 11.5. The van der Waals surface area contributed by atoms with Crippen LogP contribution in [0, 0.1) is 0 Å². The maximum atomic E-state index is 4.39. The molecule has 0 saturated heterocycles. The van der Waals surface area contributed by atoms with Crippen LogP contribution in [-0.4, -0.2) is 16.3 Å². The zero-order valence-electron chi connectivity index (χ0n) is 10.7. The summed E-state index contributed by atoms with van der Waals surface area (Å²) in [4.78, 5) is 4.39. The number of hydrogen-bond donors (Lipinski definition) is 1. The number of nitrogens with one attached hydrogen (secondary N) is 1. The SMILES string of the molecule is CCCNc1ccnc(CSC(C)(C)C)c1. The van der Waals surface area contributed by atoms with Crippen molar-refractivity contribution < 1.29 is 0 Å². The molecule has 0 fully saturated rings. The zero-order chi connectivity index (χ0) is 12.0. The van der Waals surface area contributed by atoms with Crippen molar-refractivity contribution in [3.63, 3.8) is 0 Å². The van der Waals surface area contributed by atoms with Crippen LogP contribution in [0.4, 0.5) is 5.69 Å². The number of thioether (sulfide) groups is 1. The Morgan fingerprint density at radius 1 is 1.38 bits per heavy atom. The van der Waals surface area contributed by atoms with Crippen LogP contribution in [0.1, 0.15) is 39.8 Å². The van der Waals surface area contributed by atoms with Crippen LogP contribution < -0.4 is 5.32 Å². The summed E-state index contributed by atoms with van der Waals surface area (Å²) in [5.74, 6) is 0.977. The van der Waals surface area contributed by atoms with Gasteiger partial charge in [-0.3, -0.25) is 4.98 Å². The summed E-state index contributed by atoms with van der Waals surface area (Å²) >= 11 is 1.93. The van der Waals surface area contributed by atoms with Gasteiger partial charge in [-0.1, -0.05) is 27.7 Å². The van der Waals surface area contributed by atoms with Gasteiger partial charge >= 0.3 is 0 Å². The van der Waals surface area contributed by atoms with E-state index in [0.717, 1.165) is 24.4 Å². The molecule has 0 saturated carbocycles. The van der Waals surface area contributed by atoms with E-state index in [0.29, 0.717) is 4.75 Å². The fraction of sp³-hybridized carbons (Fsp3) is 0.615. The first-order valence-electron chi connectivity index (χ1n) is 5.84. The highest BCUT2D eigenvalue weighted by molar-refractivity contribution is 7.99. The van der Waals surface area contributed by atoms with E-state index in [1.54, 1.807) is 0 Å². The lowest BCUT2D eigenvalue weighted by Gasteiger charge is -2.17. The van der Waals surface area contributed by atoms with Gasteiger partial charge in [-0.15, -0.1) is 11.8 Å². The fourth-order valence-corrected chi connectivity index (χ4v) is 1.97. The van der Waals surface area contributed by atoms with Crippen LogP contribution in [0.2, 0.25) is 0 Å². The van der Waals surface area contributed by atoms with E-state index in [1.165, 1.54) is 5.69 Å². The van der Waals surface area contributed by atoms with Crippen LogP contribution in [0.25, 0.3) is 0 Å². The van der Waals surface area contributed by atoms with Crippen molar-refractivity contribution in [3.05, 3.63) is 24.0 Å². The van der Waals surface area contributed by atoms with Crippen molar-refractivity contribution in [2.45, 2.75) is 44.6 Å². The summed E-state index contributed by atoms with van der Waals surface area (Å²) in [6.45, 7) is 9.89. The summed E-state index contributed by atoms with van der Waals surface area (Å²) < 4.78 is 0.300. The van der Waals surface area contributed by atoms with Gasteiger partial charge in [-0.2, -0.15) is 0 Å². The Morgan fingerprint density at radius 3 is 2.75 bits per heavy atom. The molecule has 1 heterocycles. The third-order valence-corrected chi connectivity index (χ3v) is 3.35. The summed E-state index contributed by atoms with van der Waals surface area (Å²) in [5.41, 5.74) is 2.34. The molecule has 2 nitrogen and oxygen atoms in total. The normalized spacial score (nSPS) is 11.5. The number of rotatable bonds is 5. The Kier molecular flexibility index (Phi) is 5.13. The average Bonchev–Trinajstić information content (AvgIpc) is 2.23. The van der Waals surface area contributed by atoms with Crippen LogP contribution in [0.15, 0.2) is 18.3 Å². The van der Waals surface area contributed by atoms with Gasteiger partial charge < -0.3 is 5.32 Å². The third-order valence-electron chi connectivity index (χ3n) is 2.05. The predicted octanol–water partition coefficient (Wildman–Crippen LogP) is 3.94. The molecule has 0 spiro atoms. The number of hydrogen-bond acceptors (Lipinski definition) is 3. The molecule has 0 unspecified atom stereocenters. The van der Waals surface area contributed by atoms with Gasteiger partial charge in [0.25, 0.3) is 0 Å². The second-order valence-corrected chi connectivity index (χ2v) is 6.67. The van der Waals surface area contributed by atoms with E-state index >= 15 is 0 Å². The fourth-order valence-electron chi connectivity index (χ4n) is 1.23. The van der Waals surface area contributed by atoms with E-state index in [-0.39, 0.29) is 0 Å². The van der Waals surface area contributed by atoms with Crippen LogP contribution >= 0.6 is 11.8 Å². The van der Waals surface area contributed by atoms with E-state index < -0.39 is 0 Å². The number of pyridine rings is 1. The largest absolute Gasteiger partial charge is 0.385 e. The standard InChI is InChI=1S/C13H22N2S/c1-5-7-14-11-6-8-15-12(9-11)10-16-13(2,3)4/h6,8-9H,5,7,10H2,1-4H3,(H,14,15). The Labute approximate surface area is 103 Å². The number of nitrogens with zero attached hydrogens (tertiary/aromatic N) is 1. The Bertz CT molecular complexity index is 318. The van der Waals surface area contributed by atoms with Crippen LogP contribution in [-0.2, 0) is 5.75 Å². The first kappa shape index (κ1) is 13.4. The molecule has 1 aromatic rings. The first-order chi connectivity index (χ1) is 7.51. The van der Waals surface area contributed by atoms with E-state index in [1.807, 2.05) is 24.0 Å². The molecule has 0 aliphatic rings. The quantitative estimate of drug-likeness (QED) is 0.841. The molecule has 0 aliphatic heterocycles. The molecule has 1 N–H and O–H groups in total. The van der Waals surface area contributed by atoms with Crippen molar-refractivity contribution in [1.29, 1.82) is 0 Å². The maximum Gasteiger partial charge on any atom is 0.0523 e. The molecule has 0 atom stereocenters. The lowest BCUT2D eigenvalue weighted by Crippen LogP contribution is -2.08. The molecule has 0 radical (unpaired) electrons. The van der Waals surface area contributed by atoms with Gasteiger partial charge in [-0.25, -0.2) is 0 Å². The monoisotopic (exact) mass is 238 g/mol. The molecule has 0 aliphatic carbocycles. The number of anilines is 1. The van der Waals surface area contributed by atoms with Gasteiger partial charge in [0.05, 0.1) is 5.69 Å². The van der Waals surface area contributed by atoms with Gasteiger partial charge in [0.15, 0.2) is 0 Å². The van der Waals surface area contributed by atoms with Gasteiger partial charge in [0.1, 0.15) is 0 Å². The van der Waals surface area contributed by atoms with E-state index in [2.05, 4.69) is 44.1 Å². The molecule has 0 bridgehead atoms. The average molecular weight is 238 g/mol. The van der Waals surface area contributed by atoms with Crippen molar-refractivity contribution >= 4 is 17.4 Å². The molecule has 1 aromatic heterocycles. The van der Waals surface area contributed by atoms with E-state index in [4.69, 9.17) is 0 Å². The Hall–Kier alpha value is -0.700. The van der Waals surface area contributed by atoms with Gasteiger partial charge in [-0.05, 0) is 18.6 Å². The van der Waals surface area contributed by atoms with Crippen LogP contribution in [0.5, 0.6) is 0 Å². The summed E-state index contributed by atoms with van der Waals surface area (Å²) in [5, 5.41) is 3.38. The molecule has 90 valence electrons. The topological polar surface area (TPSA) is 24.9 Å². The van der Waals surface area contributed by atoms with Crippen molar-refractivity contribution in [2.75, 3.05) is 11.9 Å². The second-order valence-electron chi connectivity index (χ2n) is 4.86.